The van der Waals surface area contributed by atoms with Crippen molar-refractivity contribution < 1.29 is 14.7 Å². The molecule has 0 radical (unpaired) electrons. The minimum absolute atomic E-state index is 0.210. The minimum Gasteiger partial charge on any atom is -0.478 e. The van der Waals surface area contributed by atoms with Gasteiger partial charge in [-0.25, -0.2) is 9.78 Å². The molecule has 2 heterocycles. The third kappa shape index (κ3) is 3.49. The Labute approximate surface area is 149 Å². The number of nitrogens with zero attached hydrogens (tertiary/aromatic N) is 2. The van der Waals surface area contributed by atoms with Crippen LogP contribution in [-0.4, -0.2) is 26.4 Å². The Balaban J connectivity index is 1.81. The summed E-state index contributed by atoms with van der Waals surface area (Å²) in [6.45, 7) is 2.23. The molecule has 0 aliphatic carbocycles. The molecule has 0 bridgehead atoms. The number of rotatable bonds is 5. The number of carbonyl (C=O) groups is 2. The van der Waals surface area contributed by atoms with E-state index in [4.69, 9.17) is 16.7 Å². The monoisotopic (exact) mass is 357 g/mol. The average molecular weight is 358 g/mol. The SMILES string of the molecule is CCc1nc2cc(Cl)ccn2c1C(=O)NCc1ccc(C(=O)O)cc1. The number of benzene rings is 1. The fourth-order valence-corrected chi connectivity index (χ4v) is 2.74. The third-order valence-electron chi connectivity index (χ3n) is 3.86. The van der Waals surface area contributed by atoms with Crippen molar-refractivity contribution in [2.75, 3.05) is 0 Å². The molecule has 2 N–H and O–H groups in total. The van der Waals surface area contributed by atoms with Crippen LogP contribution in [0.3, 0.4) is 0 Å². The molecule has 0 saturated carbocycles. The lowest BCUT2D eigenvalue weighted by Crippen LogP contribution is -2.25. The number of carboxylic acids is 1. The second kappa shape index (κ2) is 6.94. The van der Waals surface area contributed by atoms with Gasteiger partial charge in [-0.1, -0.05) is 30.7 Å². The molecule has 3 rings (SSSR count). The van der Waals surface area contributed by atoms with Gasteiger partial charge in [-0.2, -0.15) is 0 Å². The van der Waals surface area contributed by atoms with Crippen LogP contribution in [0, 0.1) is 0 Å². The van der Waals surface area contributed by atoms with E-state index in [1.807, 2.05) is 6.92 Å². The van der Waals surface area contributed by atoms with Gasteiger partial charge in [0.15, 0.2) is 0 Å². The fourth-order valence-electron chi connectivity index (χ4n) is 2.59. The van der Waals surface area contributed by atoms with Gasteiger partial charge in [-0.3, -0.25) is 9.20 Å². The number of imidazole rings is 1. The van der Waals surface area contributed by atoms with E-state index in [0.717, 1.165) is 5.56 Å². The Bertz CT molecular complexity index is 948. The zero-order valence-corrected chi connectivity index (χ0v) is 14.2. The molecule has 3 aromatic rings. The maximum absolute atomic E-state index is 12.6. The molecule has 0 atom stereocenters. The van der Waals surface area contributed by atoms with Gasteiger partial charge in [-0.05, 0) is 30.2 Å². The third-order valence-corrected chi connectivity index (χ3v) is 4.10. The van der Waals surface area contributed by atoms with Crippen LogP contribution in [-0.2, 0) is 13.0 Å². The summed E-state index contributed by atoms with van der Waals surface area (Å²) in [6.07, 6.45) is 2.34. The van der Waals surface area contributed by atoms with Crippen LogP contribution in [0.5, 0.6) is 0 Å². The van der Waals surface area contributed by atoms with Crippen LogP contribution in [0.2, 0.25) is 5.02 Å². The number of aromatic carboxylic acids is 1. The lowest BCUT2D eigenvalue weighted by Gasteiger charge is -2.07. The van der Waals surface area contributed by atoms with Crippen molar-refractivity contribution in [1.29, 1.82) is 0 Å². The van der Waals surface area contributed by atoms with E-state index in [9.17, 15) is 9.59 Å². The van der Waals surface area contributed by atoms with Crippen LogP contribution in [0.25, 0.3) is 5.65 Å². The number of hydrogen-bond donors (Lipinski definition) is 2. The normalized spacial score (nSPS) is 10.8. The van der Waals surface area contributed by atoms with Crippen LogP contribution in [0.15, 0.2) is 42.6 Å². The highest BCUT2D eigenvalue weighted by atomic mass is 35.5. The summed E-state index contributed by atoms with van der Waals surface area (Å²) in [4.78, 5) is 27.9. The number of nitrogens with one attached hydrogen (secondary N) is 1. The first kappa shape index (κ1) is 17.0. The molecule has 0 spiro atoms. The number of aryl methyl sites for hydroxylation is 1. The summed E-state index contributed by atoms with van der Waals surface area (Å²) in [7, 11) is 0. The molecule has 0 saturated heterocycles. The molecule has 1 aromatic carbocycles. The van der Waals surface area contributed by atoms with E-state index >= 15 is 0 Å². The highest BCUT2D eigenvalue weighted by Gasteiger charge is 2.18. The van der Waals surface area contributed by atoms with Gasteiger partial charge < -0.3 is 10.4 Å². The molecule has 0 aliphatic heterocycles. The van der Waals surface area contributed by atoms with Gasteiger partial charge in [0.25, 0.3) is 5.91 Å². The zero-order chi connectivity index (χ0) is 18.0. The van der Waals surface area contributed by atoms with E-state index < -0.39 is 5.97 Å². The molecule has 0 fully saturated rings. The van der Waals surface area contributed by atoms with Gasteiger partial charge in [0, 0.05) is 23.8 Å². The van der Waals surface area contributed by atoms with E-state index in [2.05, 4.69) is 10.3 Å². The topological polar surface area (TPSA) is 83.7 Å². The van der Waals surface area contributed by atoms with Gasteiger partial charge in [0.1, 0.15) is 11.3 Å². The number of carboxylic acid groups (broad SMARTS) is 1. The molecular formula is C18H16ClN3O3. The minimum atomic E-state index is -0.979. The van der Waals surface area contributed by atoms with Crippen molar-refractivity contribution in [1.82, 2.24) is 14.7 Å². The Morgan fingerprint density at radius 1 is 1.24 bits per heavy atom. The van der Waals surface area contributed by atoms with E-state index in [0.29, 0.717) is 35.0 Å². The Morgan fingerprint density at radius 2 is 1.96 bits per heavy atom. The maximum atomic E-state index is 12.6. The maximum Gasteiger partial charge on any atom is 0.335 e. The molecule has 128 valence electrons. The summed E-state index contributed by atoms with van der Waals surface area (Å²) in [5, 5.41) is 12.3. The lowest BCUT2D eigenvalue weighted by atomic mass is 10.1. The van der Waals surface area contributed by atoms with Crippen molar-refractivity contribution in [2.24, 2.45) is 0 Å². The molecule has 25 heavy (non-hydrogen) atoms. The standard InChI is InChI=1S/C18H16ClN3O3/c1-2-14-16(22-8-7-13(19)9-15(22)21-14)17(23)20-10-11-3-5-12(6-4-11)18(24)25/h3-9H,2,10H2,1H3,(H,20,23)(H,24,25). The smallest absolute Gasteiger partial charge is 0.335 e. The second-order valence-corrected chi connectivity index (χ2v) is 5.96. The van der Waals surface area contributed by atoms with E-state index in [-0.39, 0.29) is 11.5 Å². The predicted molar refractivity (Wildman–Crippen MR) is 94.2 cm³/mol. The zero-order valence-electron chi connectivity index (χ0n) is 13.5. The summed E-state index contributed by atoms with van der Waals surface area (Å²) in [5.41, 5.74) is 2.83. The predicted octanol–water partition coefficient (Wildman–Crippen LogP) is 3.18. The van der Waals surface area contributed by atoms with Crippen LogP contribution in [0.4, 0.5) is 0 Å². The number of pyridine rings is 1. The fraction of sp³-hybridized carbons (Fsp3) is 0.167. The second-order valence-electron chi connectivity index (χ2n) is 5.52. The number of fused-ring (bicyclic) bond motifs is 1. The summed E-state index contributed by atoms with van der Waals surface area (Å²) >= 11 is 5.98. The Morgan fingerprint density at radius 3 is 2.60 bits per heavy atom. The number of aromatic nitrogens is 2. The highest BCUT2D eigenvalue weighted by Crippen LogP contribution is 2.17. The number of halogens is 1. The van der Waals surface area contributed by atoms with Gasteiger partial charge in [0.05, 0.1) is 11.3 Å². The molecule has 2 aromatic heterocycles. The van der Waals surface area contributed by atoms with Crippen LogP contribution < -0.4 is 5.32 Å². The highest BCUT2D eigenvalue weighted by molar-refractivity contribution is 6.30. The number of hydrogen-bond acceptors (Lipinski definition) is 3. The first-order chi connectivity index (χ1) is 12.0. The number of amides is 1. The van der Waals surface area contributed by atoms with Crippen LogP contribution in [0.1, 0.15) is 39.0 Å². The van der Waals surface area contributed by atoms with Gasteiger partial charge >= 0.3 is 5.97 Å². The van der Waals surface area contributed by atoms with Crippen molar-refractivity contribution in [3.8, 4) is 0 Å². The summed E-state index contributed by atoms with van der Waals surface area (Å²) in [6, 6.07) is 9.80. The van der Waals surface area contributed by atoms with Crippen molar-refractivity contribution in [3.05, 3.63) is 70.1 Å². The van der Waals surface area contributed by atoms with Crippen molar-refractivity contribution >= 4 is 29.1 Å². The largest absolute Gasteiger partial charge is 0.478 e. The van der Waals surface area contributed by atoms with E-state index in [1.165, 1.54) is 12.1 Å². The van der Waals surface area contributed by atoms with Gasteiger partial charge in [-0.15, -0.1) is 0 Å². The lowest BCUT2D eigenvalue weighted by molar-refractivity contribution is 0.0696. The van der Waals surface area contributed by atoms with Gasteiger partial charge in [0.2, 0.25) is 0 Å². The molecule has 6 nitrogen and oxygen atoms in total. The quantitative estimate of drug-likeness (QED) is 0.734. The molecule has 0 unspecified atom stereocenters. The molecule has 1 amide bonds. The number of carbonyl (C=O) groups excluding carboxylic acids is 1. The summed E-state index contributed by atoms with van der Waals surface area (Å²) < 4.78 is 1.72. The molecule has 7 heteroatoms. The van der Waals surface area contributed by atoms with Crippen molar-refractivity contribution in [2.45, 2.75) is 19.9 Å². The molecular weight excluding hydrogens is 342 g/mol. The first-order valence-corrected chi connectivity index (χ1v) is 8.14. The first-order valence-electron chi connectivity index (χ1n) is 7.76. The average Bonchev–Trinajstić information content (AvgIpc) is 2.97. The Kier molecular flexibility index (Phi) is 4.72. The van der Waals surface area contributed by atoms with Crippen LogP contribution >= 0.6 is 11.6 Å². The van der Waals surface area contributed by atoms with Crippen molar-refractivity contribution in [3.63, 3.8) is 0 Å². The molecule has 0 aliphatic rings. The van der Waals surface area contributed by atoms with E-state index in [1.54, 1.807) is 34.9 Å². The summed E-state index contributed by atoms with van der Waals surface area (Å²) in [5.74, 6) is -1.22. The Hall–Kier alpha value is -2.86.